The summed E-state index contributed by atoms with van der Waals surface area (Å²) >= 11 is 0. The van der Waals surface area contributed by atoms with E-state index in [9.17, 15) is 0 Å². The van der Waals surface area contributed by atoms with Crippen LogP contribution in [0.5, 0.6) is 0 Å². The van der Waals surface area contributed by atoms with Gasteiger partial charge in [0.15, 0.2) is 0 Å². The molecule has 0 aromatic rings. The highest BCUT2D eigenvalue weighted by atomic mass is 15.2. The largest absolute Gasteiger partial charge is 0.303 e. The molecule has 1 heteroatoms. The molecule has 1 fully saturated rings. The molecule has 0 aromatic heterocycles. The van der Waals surface area contributed by atoms with Crippen molar-refractivity contribution in [2.75, 3.05) is 19.6 Å². The predicted octanol–water partition coefficient (Wildman–Crippen LogP) is 5.11. The topological polar surface area (TPSA) is 3.24 Å². The molecular formula is C17H35N. The zero-order chi connectivity index (χ0) is 13.2. The van der Waals surface area contributed by atoms with Crippen molar-refractivity contribution in [2.24, 2.45) is 11.8 Å². The van der Waals surface area contributed by atoms with Gasteiger partial charge in [-0.25, -0.2) is 0 Å². The second kappa shape index (κ2) is 9.83. The Hall–Kier alpha value is -0.0400. The van der Waals surface area contributed by atoms with Crippen LogP contribution in [-0.2, 0) is 0 Å². The van der Waals surface area contributed by atoms with Crippen LogP contribution in [0, 0.1) is 11.8 Å². The van der Waals surface area contributed by atoms with E-state index >= 15 is 0 Å². The summed E-state index contributed by atoms with van der Waals surface area (Å²) < 4.78 is 0. The summed E-state index contributed by atoms with van der Waals surface area (Å²) in [5.74, 6) is 2.07. The number of hydrogen-bond acceptors (Lipinski definition) is 1. The summed E-state index contributed by atoms with van der Waals surface area (Å²) in [6, 6.07) is 0. The van der Waals surface area contributed by atoms with Crippen molar-refractivity contribution in [1.29, 1.82) is 0 Å². The summed E-state index contributed by atoms with van der Waals surface area (Å²) in [7, 11) is 0. The van der Waals surface area contributed by atoms with E-state index in [1.807, 2.05) is 0 Å². The van der Waals surface area contributed by atoms with Crippen molar-refractivity contribution in [1.82, 2.24) is 4.90 Å². The third kappa shape index (κ3) is 5.73. The molecule has 0 radical (unpaired) electrons. The molecule has 1 aliphatic heterocycles. The molecule has 0 aliphatic carbocycles. The lowest BCUT2D eigenvalue weighted by Gasteiger charge is -2.43. The third-order valence-electron chi connectivity index (χ3n) is 4.71. The van der Waals surface area contributed by atoms with Crippen molar-refractivity contribution in [3.8, 4) is 0 Å². The predicted molar refractivity (Wildman–Crippen MR) is 82.0 cm³/mol. The first-order valence-corrected chi connectivity index (χ1v) is 8.54. The Balaban J connectivity index is 2.19. The molecule has 0 N–H and O–H groups in total. The van der Waals surface area contributed by atoms with Gasteiger partial charge >= 0.3 is 0 Å². The maximum absolute atomic E-state index is 2.60. The van der Waals surface area contributed by atoms with Crippen LogP contribution in [0.3, 0.4) is 0 Å². The number of unbranched alkanes of at least 4 members (excludes halogenated alkanes) is 5. The maximum atomic E-state index is 2.60. The van der Waals surface area contributed by atoms with Gasteiger partial charge in [0.25, 0.3) is 0 Å². The Kier molecular flexibility index (Phi) is 8.75. The van der Waals surface area contributed by atoms with Crippen LogP contribution in [-0.4, -0.2) is 24.5 Å². The monoisotopic (exact) mass is 253 g/mol. The fraction of sp³-hybridized carbons (Fsp3) is 1.00. The van der Waals surface area contributed by atoms with E-state index in [0.717, 1.165) is 11.8 Å². The molecule has 0 amide bonds. The van der Waals surface area contributed by atoms with Gasteiger partial charge in [-0.05, 0) is 18.4 Å². The zero-order valence-electron chi connectivity index (χ0n) is 13.1. The lowest BCUT2D eigenvalue weighted by Crippen LogP contribution is -2.49. The Bertz CT molecular complexity index is 184. The molecule has 0 bridgehead atoms. The van der Waals surface area contributed by atoms with Gasteiger partial charge in [0.2, 0.25) is 0 Å². The van der Waals surface area contributed by atoms with Crippen LogP contribution in [0.4, 0.5) is 0 Å². The Labute approximate surface area is 115 Å². The molecule has 108 valence electrons. The molecule has 18 heavy (non-hydrogen) atoms. The first kappa shape index (κ1) is 16.0. The average molecular weight is 253 g/mol. The molecule has 1 atom stereocenters. The van der Waals surface area contributed by atoms with Crippen LogP contribution in [0.2, 0.25) is 0 Å². The average Bonchev–Trinajstić information content (AvgIpc) is 2.32. The van der Waals surface area contributed by atoms with Gasteiger partial charge in [-0.2, -0.15) is 0 Å². The van der Waals surface area contributed by atoms with E-state index in [-0.39, 0.29) is 0 Å². The van der Waals surface area contributed by atoms with E-state index in [0.29, 0.717) is 0 Å². The number of nitrogens with zero attached hydrogens (tertiary/aromatic N) is 1. The van der Waals surface area contributed by atoms with E-state index in [1.165, 1.54) is 77.4 Å². The minimum atomic E-state index is 1.03. The molecular weight excluding hydrogens is 218 g/mol. The molecule has 1 rings (SSSR count). The fourth-order valence-electron chi connectivity index (χ4n) is 3.27. The van der Waals surface area contributed by atoms with Crippen LogP contribution in [0.15, 0.2) is 0 Å². The number of likely N-dealkylation sites (tertiary alicyclic amines) is 1. The molecule has 1 unspecified atom stereocenters. The summed E-state index contributed by atoms with van der Waals surface area (Å²) in [6.45, 7) is 11.0. The van der Waals surface area contributed by atoms with E-state index in [2.05, 4.69) is 25.7 Å². The van der Waals surface area contributed by atoms with Crippen molar-refractivity contribution in [2.45, 2.75) is 78.6 Å². The summed E-state index contributed by atoms with van der Waals surface area (Å²) in [6.07, 6.45) is 13.0. The highest BCUT2D eigenvalue weighted by molar-refractivity contribution is 4.84. The van der Waals surface area contributed by atoms with E-state index < -0.39 is 0 Å². The molecule has 0 aromatic carbocycles. The van der Waals surface area contributed by atoms with Gasteiger partial charge in [-0.3, -0.25) is 0 Å². The Morgan fingerprint density at radius 2 is 1.39 bits per heavy atom. The van der Waals surface area contributed by atoms with Crippen LogP contribution in [0.1, 0.15) is 78.6 Å². The van der Waals surface area contributed by atoms with E-state index in [1.54, 1.807) is 0 Å². The smallest absolute Gasteiger partial charge is 0.00246 e. The minimum absolute atomic E-state index is 1.03. The second-order valence-corrected chi connectivity index (χ2v) is 6.22. The Morgan fingerprint density at radius 1 is 0.833 bits per heavy atom. The number of hydrogen-bond donors (Lipinski definition) is 0. The fourth-order valence-corrected chi connectivity index (χ4v) is 3.27. The zero-order valence-corrected chi connectivity index (χ0v) is 13.1. The van der Waals surface area contributed by atoms with Crippen molar-refractivity contribution >= 4 is 0 Å². The standard InChI is InChI=1S/C17H35N/c1-4-7-9-11-13-16(12-10-8-5-2)17-14-18(6-3)15-17/h16-17H,4-15H2,1-3H3. The van der Waals surface area contributed by atoms with E-state index in [4.69, 9.17) is 0 Å². The van der Waals surface area contributed by atoms with Gasteiger partial charge in [-0.1, -0.05) is 78.6 Å². The highest BCUT2D eigenvalue weighted by Crippen LogP contribution is 2.31. The molecule has 1 nitrogen and oxygen atoms in total. The Morgan fingerprint density at radius 3 is 1.94 bits per heavy atom. The molecule has 1 saturated heterocycles. The first-order valence-electron chi connectivity index (χ1n) is 8.54. The molecule has 1 heterocycles. The SMILES string of the molecule is CCCCCCC(CCCCC)C1CN(CC)C1. The molecule has 0 saturated carbocycles. The summed E-state index contributed by atoms with van der Waals surface area (Å²) in [4.78, 5) is 2.60. The summed E-state index contributed by atoms with van der Waals surface area (Å²) in [5.41, 5.74) is 0. The highest BCUT2D eigenvalue weighted by Gasteiger charge is 2.31. The maximum Gasteiger partial charge on any atom is 0.00246 e. The van der Waals surface area contributed by atoms with Gasteiger partial charge < -0.3 is 4.90 Å². The molecule has 1 aliphatic rings. The van der Waals surface area contributed by atoms with Gasteiger partial charge in [-0.15, -0.1) is 0 Å². The lowest BCUT2D eigenvalue weighted by atomic mass is 9.79. The van der Waals surface area contributed by atoms with Crippen molar-refractivity contribution < 1.29 is 0 Å². The quantitative estimate of drug-likeness (QED) is 0.463. The van der Waals surface area contributed by atoms with Gasteiger partial charge in [0, 0.05) is 13.1 Å². The van der Waals surface area contributed by atoms with Gasteiger partial charge in [0.1, 0.15) is 0 Å². The van der Waals surface area contributed by atoms with Crippen molar-refractivity contribution in [3.05, 3.63) is 0 Å². The third-order valence-corrected chi connectivity index (χ3v) is 4.71. The second-order valence-electron chi connectivity index (χ2n) is 6.22. The van der Waals surface area contributed by atoms with Crippen LogP contribution < -0.4 is 0 Å². The minimum Gasteiger partial charge on any atom is -0.303 e. The van der Waals surface area contributed by atoms with Crippen LogP contribution in [0.25, 0.3) is 0 Å². The lowest BCUT2D eigenvalue weighted by molar-refractivity contribution is 0.0534. The first-order chi connectivity index (χ1) is 8.81. The van der Waals surface area contributed by atoms with Crippen molar-refractivity contribution in [3.63, 3.8) is 0 Å². The summed E-state index contributed by atoms with van der Waals surface area (Å²) in [5, 5.41) is 0. The molecule has 0 spiro atoms. The normalized spacial score (nSPS) is 18.8. The number of rotatable bonds is 11. The van der Waals surface area contributed by atoms with Gasteiger partial charge in [0.05, 0.1) is 0 Å². The van der Waals surface area contributed by atoms with Crippen LogP contribution >= 0.6 is 0 Å².